The van der Waals surface area contributed by atoms with Crippen molar-refractivity contribution >= 4 is 6.09 Å². The van der Waals surface area contributed by atoms with E-state index in [2.05, 4.69) is 24.2 Å². The molecule has 0 bridgehead atoms. The van der Waals surface area contributed by atoms with Gasteiger partial charge in [0, 0.05) is 5.54 Å². The zero-order chi connectivity index (χ0) is 14.3. The highest BCUT2D eigenvalue weighted by Gasteiger charge is 2.60. The molecule has 0 spiro atoms. The lowest BCUT2D eigenvalue weighted by Gasteiger charge is -2.48. The number of nitrogens with one attached hydrogen (secondary N) is 1. The maximum absolute atomic E-state index is 12.1. The minimum atomic E-state index is -0.431. The zero-order valence-electron chi connectivity index (χ0n) is 13.0. The number of alkyl carbamates (subject to hydrolysis) is 1. The van der Waals surface area contributed by atoms with E-state index in [1.165, 1.54) is 12.8 Å². The number of likely N-dealkylation sites (N-methyl/N-ethyl adjacent to an activating group) is 1. The SMILES string of the molecule is CN1CCCCC1(C)C1(NC(=O)OC(C)(C)C)CC1. The Morgan fingerprint density at radius 2 is 1.84 bits per heavy atom. The number of rotatable bonds is 2. The molecule has 1 saturated carbocycles. The standard InChI is InChI=1S/C15H28N2O2/c1-13(2,3)19-12(18)16-15(9-10-15)14(4)8-6-7-11-17(14)5/h6-11H2,1-5H3,(H,16,18). The topological polar surface area (TPSA) is 41.6 Å². The summed E-state index contributed by atoms with van der Waals surface area (Å²) in [5.74, 6) is 0. The molecule has 1 N–H and O–H groups in total. The number of carbonyl (C=O) groups excluding carboxylic acids is 1. The number of hydrogen-bond donors (Lipinski definition) is 1. The van der Waals surface area contributed by atoms with Gasteiger partial charge in [-0.05, 0) is 67.0 Å². The monoisotopic (exact) mass is 268 g/mol. The average Bonchev–Trinajstić information content (AvgIpc) is 3.01. The molecule has 1 aliphatic carbocycles. The molecule has 2 fully saturated rings. The van der Waals surface area contributed by atoms with Gasteiger partial charge in [-0.25, -0.2) is 4.79 Å². The molecule has 1 amide bonds. The van der Waals surface area contributed by atoms with Crippen LogP contribution in [-0.4, -0.2) is 41.3 Å². The third-order valence-corrected chi connectivity index (χ3v) is 4.77. The van der Waals surface area contributed by atoms with Crippen molar-refractivity contribution in [2.75, 3.05) is 13.6 Å². The van der Waals surface area contributed by atoms with Crippen LogP contribution in [0.3, 0.4) is 0 Å². The van der Waals surface area contributed by atoms with Crippen molar-refractivity contribution in [3.8, 4) is 0 Å². The van der Waals surface area contributed by atoms with Gasteiger partial charge in [-0.15, -0.1) is 0 Å². The lowest BCUT2D eigenvalue weighted by molar-refractivity contribution is 0.0190. The number of likely N-dealkylation sites (tertiary alicyclic amines) is 1. The summed E-state index contributed by atoms with van der Waals surface area (Å²) >= 11 is 0. The van der Waals surface area contributed by atoms with Gasteiger partial charge in [-0.1, -0.05) is 6.42 Å². The maximum atomic E-state index is 12.1. The zero-order valence-corrected chi connectivity index (χ0v) is 13.0. The van der Waals surface area contributed by atoms with Crippen LogP contribution in [-0.2, 0) is 4.74 Å². The molecule has 4 heteroatoms. The fraction of sp³-hybridized carbons (Fsp3) is 0.933. The summed E-state index contributed by atoms with van der Waals surface area (Å²) in [4.78, 5) is 14.5. The predicted octanol–water partition coefficient (Wildman–Crippen LogP) is 2.92. The van der Waals surface area contributed by atoms with Crippen LogP contribution in [0.5, 0.6) is 0 Å². The normalized spacial score (nSPS) is 30.8. The van der Waals surface area contributed by atoms with Crippen LogP contribution in [0.25, 0.3) is 0 Å². The molecule has 4 nitrogen and oxygen atoms in total. The summed E-state index contributed by atoms with van der Waals surface area (Å²) in [6.07, 6.45) is 5.51. The first-order chi connectivity index (χ1) is 8.69. The summed E-state index contributed by atoms with van der Waals surface area (Å²) in [7, 11) is 2.18. The molecule has 0 aromatic carbocycles. The Kier molecular flexibility index (Phi) is 3.58. The number of ether oxygens (including phenoxy) is 1. The van der Waals surface area contributed by atoms with E-state index in [1.54, 1.807) is 0 Å². The molecule has 1 saturated heterocycles. The van der Waals surface area contributed by atoms with Crippen molar-refractivity contribution in [2.24, 2.45) is 0 Å². The molecule has 0 radical (unpaired) electrons. The van der Waals surface area contributed by atoms with Gasteiger partial charge in [0.05, 0.1) is 5.54 Å². The highest BCUT2D eigenvalue weighted by Crippen LogP contribution is 2.51. The highest BCUT2D eigenvalue weighted by molar-refractivity contribution is 5.70. The second-order valence-electron chi connectivity index (χ2n) is 7.36. The third kappa shape index (κ3) is 2.88. The summed E-state index contributed by atoms with van der Waals surface area (Å²) in [6, 6.07) is 0. The molecule has 2 aliphatic rings. The Bertz CT molecular complexity index is 358. The van der Waals surface area contributed by atoms with Crippen LogP contribution >= 0.6 is 0 Å². The second-order valence-corrected chi connectivity index (χ2v) is 7.36. The van der Waals surface area contributed by atoms with Gasteiger partial charge in [-0.2, -0.15) is 0 Å². The maximum Gasteiger partial charge on any atom is 0.408 e. The van der Waals surface area contributed by atoms with Crippen molar-refractivity contribution in [1.82, 2.24) is 10.2 Å². The largest absolute Gasteiger partial charge is 0.444 e. The van der Waals surface area contributed by atoms with Crippen LogP contribution in [0.4, 0.5) is 4.79 Å². The van der Waals surface area contributed by atoms with Gasteiger partial charge in [-0.3, -0.25) is 4.90 Å². The van der Waals surface area contributed by atoms with Gasteiger partial charge in [0.1, 0.15) is 5.60 Å². The fourth-order valence-electron chi connectivity index (χ4n) is 3.28. The first-order valence-electron chi connectivity index (χ1n) is 7.41. The van der Waals surface area contributed by atoms with Crippen molar-refractivity contribution in [3.05, 3.63) is 0 Å². The van der Waals surface area contributed by atoms with Gasteiger partial charge in [0.2, 0.25) is 0 Å². The quantitative estimate of drug-likeness (QED) is 0.837. The van der Waals surface area contributed by atoms with E-state index >= 15 is 0 Å². The molecular weight excluding hydrogens is 240 g/mol. The van der Waals surface area contributed by atoms with Gasteiger partial charge >= 0.3 is 6.09 Å². The van der Waals surface area contributed by atoms with E-state index in [9.17, 15) is 4.79 Å². The van der Waals surface area contributed by atoms with Crippen LogP contribution in [0.2, 0.25) is 0 Å². The third-order valence-electron chi connectivity index (χ3n) is 4.77. The Labute approximate surface area is 116 Å². The number of nitrogens with zero attached hydrogens (tertiary/aromatic N) is 1. The van der Waals surface area contributed by atoms with Crippen LogP contribution in [0.15, 0.2) is 0 Å². The summed E-state index contributed by atoms with van der Waals surface area (Å²) in [5.41, 5.74) is -0.438. The van der Waals surface area contributed by atoms with Crippen molar-refractivity contribution in [2.45, 2.75) is 76.5 Å². The van der Waals surface area contributed by atoms with Crippen LogP contribution < -0.4 is 5.32 Å². The molecule has 1 aliphatic heterocycles. The summed E-state index contributed by atoms with van der Waals surface area (Å²) in [6.45, 7) is 9.12. The van der Waals surface area contributed by atoms with Gasteiger partial charge in [0.25, 0.3) is 0 Å². The summed E-state index contributed by atoms with van der Waals surface area (Å²) in [5, 5.41) is 3.16. The van der Waals surface area contributed by atoms with E-state index in [0.29, 0.717) is 0 Å². The van der Waals surface area contributed by atoms with Crippen molar-refractivity contribution < 1.29 is 9.53 Å². The molecule has 0 aromatic heterocycles. The number of carbonyl (C=O) groups is 1. The minimum Gasteiger partial charge on any atom is -0.444 e. The molecular formula is C15H28N2O2. The van der Waals surface area contributed by atoms with Crippen molar-refractivity contribution in [1.29, 1.82) is 0 Å². The van der Waals surface area contributed by atoms with E-state index in [-0.39, 0.29) is 17.2 Å². The second kappa shape index (κ2) is 4.65. The molecule has 110 valence electrons. The van der Waals surface area contributed by atoms with Gasteiger partial charge < -0.3 is 10.1 Å². The Balaban J connectivity index is 2.04. The fourth-order valence-corrected chi connectivity index (χ4v) is 3.28. The number of piperidine rings is 1. The van der Waals surface area contributed by atoms with E-state index in [0.717, 1.165) is 25.8 Å². The number of amides is 1. The molecule has 19 heavy (non-hydrogen) atoms. The number of hydrogen-bond acceptors (Lipinski definition) is 3. The lowest BCUT2D eigenvalue weighted by atomic mass is 9.80. The van der Waals surface area contributed by atoms with E-state index in [1.807, 2.05) is 20.8 Å². The van der Waals surface area contributed by atoms with E-state index < -0.39 is 5.60 Å². The smallest absolute Gasteiger partial charge is 0.408 e. The Morgan fingerprint density at radius 3 is 2.32 bits per heavy atom. The minimum absolute atomic E-state index is 0.0716. The van der Waals surface area contributed by atoms with Crippen LogP contribution in [0.1, 0.15) is 59.8 Å². The molecule has 2 rings (SSSR count). The Morgan fingerprint density at radius 1 is 1.21 bits per heavy atom. The molecule has 1 heterocycles. The molecule has 0 aromatic rings. The first kappa shape index (κ1) is 14.6. The molecule has 1 atom stereocenters. The lowest BCUT2D eigenvalue weighted by Crippen LogP contribution is -2.63. The average molecular weight is 268 g/mol. The van der Waals surface area contributed by atoms with Crippen LogP contribution in [0, 0.1) is 0 Å². The van der Waals surface area contributed by atoms with E-state index in [4.69, 9.17) is 4.74 Å². The summed E-state index contributed by atoms with van der Waals surface area (Å²) < 4.78 is 5.42. The predicted molar refractivity (Wildman–Crippen MR) is 76.2 cm³/mol. The molecule has 1 unspecified atom stereocenters. The van der Waals surface area contributed by atoms with Crippen molar-refractivity contribution in [3.63, 3.8) is 0 Å². The van der Waals surface area contributed by atoms with Gasteiger partial charge in [0.15, 0.2) is 0 Å². The first-order valence-corrected chi connectivity index (χ1v) is 7.41. The Hall–Kier alpha value is -0.770. The highest BCUT2D eigenvalue weighted by atomic mass is 16.6.